The molecule has 0 spiro atoms. The van der Waals surface area contributed by atoms with Gasteiger partial charge in [0.2, 0.25) is 0 Å². The molecular formula is C13H18N6O2. The smallest absolute Gasteiger partial charge is 0.266 e. The molecule has 21 heavy (non-hydrogen) atoms. The van der Waals surface area contributed by atoms with Crippen molar-refractivity contribution >= 4 is 16.9 Å². The number of rotatable bonds is 3. The minimum absolute atomic E-state index is 0.366. The van der Waals surface area contributed by atoms with Gasteiger partial charge in [-0.15, -0.1) is 0 Å². The van der Waals surface area contributed by atoms with Crippen LogP contribution in [-0.4, -0.2) is 47.1 Å². The van der Waals surface area contributed by atoms with Crippen molar-refractivity contribution in [3.63, 3.8) is 0 Å². The quantitative estimate of drug-likeness (QED) is 0.461. The molecule has 8 heteroatoms. The van der Waals surface area contributed by atoms with Crippen molar-refractivity contribution in [2.75, 3.05) is 25.3 Å². The van der Waals surface area contributed by atoms with E-state index in [9.17, 15) is 4.79 Å². The molecule has 0 aromatic carbocycles. The second-order valence-electron chi connectivity index (χ2n) is 5.06. The Morgan fingerprint density at radius 3 is 2.95 bits per heavy atom. The second kappa shape index (κ2) is 5.66. The number of ether oxygens (including phenoxy) is 1. The van der Waals surface area contributed by atoms with Gasteiger partial charge >= 0.3 is 0 Å². The molecule has 0 atom stereocenters. The summed E-state index contributed by atoms with van der Waals surface area (Å²) in [6.07, 6.45) is 5.13. The predicted molar refractivity (Wildman–Crippen MR) is 77.2 cm³/mol. The average molecular weight is 290 g/mol. The topological polar surface area (TPSA) is 98.3 Å². The van der Waals surface area contributed by atoms with Crippen LogP contribution in [0.5, 0.6) is 0 Å². The van der Waals surface area contributed by atoms with E-state index in [0.29, 0.717) is 11.6 Å². The number of nitrogens with one attached hydrogen (secondary N) is 1. The Balaban J connectivity index is 1.91. The van der Waals surface area contributed by atoms with Crippen molar-refractivity contribution in [1.29, 1.82) is 0 Å². The fourth-order valence-electron chi connectivity index (χ4n) is 2.56. The van der Waals surface area contributed by atoms with Gasteiger partial charge in [0.25, 0.3) is 5.91 Å². The predicted octanol–water partition coefficient (Wildman–Crippen LogP) is -0.218. The molecule has 112 valence electrons. The number of hydrogen-bond acceptors (Lipinski definition) is 6. The maximum Gasteiger partial charge on any atom is 0.266 e. The second-order valence-corrected chi connectivity index (χ2v) is 5.06. The first kappa shape index (κ1) is 13.8. The van der Waals surface area contributed by atoms with Crippen molar-refractivity contribution in [1.82, 2.24) is 20.3 Å². The highest BCUT2D eigenvalue weighted by molar-refractivity contribution is 5.96. The number of fused-ring (bicyclic) bond motifs is 1. The van der Waals surface area contributed by atoms with E-state index < -0.39 is 0 Å². The lowest BCUT2D eigenvalue weighted by atomic mass is 10.1. The highest BCUT2D eigenvalue weighted by Crippen LogP contribution is 2.17. The first-order chi connectivity index (χ1) is 10.2. The van der Waals surface area contributed by atoms with E-state index >= 15 is 0 Å². The summed E-state index contributed by atoms with van der Waals surface area (Å²) < 4.78 is 5.38. The third-order valence-corrected chi connectivity index (χ3v) is 3.80. The van der Waals surface area contributed by atoms with E-state index in [2.05, 4.69) is 20.5 Å². The number of pyridine rings is 1. The van der Waals surface area contributed by atoms with Crippen LogP contribution in [0.3, 0.4) is 0 Å². The van der Waals surface area contributed by atoms with E-state index in [1.54, 1.807) is 17.1 Å². The Hall–Kier alpha value is -2.19. The first-order valence-electron chi connectivity index (χ1n) is 6.86. The maximum absolute atomic E-state index is 11.5. The zero-order chi connectivity index (χ0) is 14.8. The van der Waals surface area contributed by atoms with E-state index in [0.717, 1.165) is 37.1 Å². The minimum atomic E-state index is -0.366. The number of nitrogen functional groups attached to an aromatic ring is 1. The van der Waals surface area contributed by atoms with Crippen molar-refractivity contribution in [2.24, 2.45) is 5.84 Å². The fourth-order valence-corrected chi connectivity index (χ4v) is 2.56. The van der Waals surface area contributed by atoms with Crippen LogP contribution >= 0.6 is 0 Å². The van der Waals surface area contributed by atoms with Gasteiger partial charge in [-0.1, -0.05) is 0 Å². The number of carbonyl (C=O) groups excluding carboxylic acids is 1. The molecule has 1 saturated heterocycles. The fraction of sp³-hybridized carbons (Fsp3) is 0.462. The van der Waals surface area contributed by atoms with Crippen LogP contribution in [0.15, 0.2) is 18.5 Å². The summed E-state index contributed by atoms with van der Waals surface area (Å²) in [6.45, 7) is 1.53. The van der Waals surface area contributed by atoms with Crippen LogP contribution in [0, 0.1) is 0 Å². The van der Waals surface area contributed by atoms with Gasteiger partial charge in [-0.25, -0.2) is 10.8 Å². The summed E-state index contributed by atoms with van der Waals surface area (Å²) in [6, 6.07) is 2.10. The van der Waals surface area contributed by atoms with Gasteiger partial charge in [0.15, 0.2) is 5.65 Å². The third kappa shape index (κ3) is 2.55. The largest absolute Gasteiger partial charge is 0.381 e. The van der Waals surface area contributed by atoms with Crippen LogP contribution < -0.4 is 16.3 Å². The number of nitrogens with two attached hydrogens (primary N) is 1. The van der Waals surface area contributed by atoms with Gasteiger partial charge in [-0.05, 0) is 18.9 Å². The van der Waals surface area contributed by atoms with Gasteiger partial charge in [0, 0.05) is 31.8 Å². The van der Waals surface area contributed by atoms with Gasteiger partial charge in [-0.3, -0.25) is 15.2 Å². The molecule has 0 saturated carbocycles. The SMILES string of the molecule is CN(C1CCOCC1)n1ncc2cc(C(=O)NN)cnc21. The molecule has 3 heterocycles. The van der Waals surface area contributed by atoms with Crippen LogP contribution in [-0.2, 0) is 4.74 Å². The zero-order valence-corrected chi connectivity index (χ0v) is 11.8. The number of nitrogens with zero attached hydrogens (tertiary/aromatic N) is 4. The summed E-state index contributed by atoms with van der Waals surface area (Å²) in [4.78, 5) is 17.6. The van der Waals surface area contributed by atoms with Crippen molar-refractivity contribution in [3.05, 3.63) is 24.0 Å². The van der Waals surface area contributed by atoms with Crippen LogP contribution in [0.4, 0.5) is 0 Å². The van der Waals surface area contributed by atoms with E-state index in [1.165, 1.54) is 6.20 Å². The van der Waals surface area contributed by atoms with Gasteiger partial charge < -0.3 is 4.74 Å². The van der Waals surface area contributed by atoms with E-state index in [1.807, 2.05) is 7.05 Å². The average Bonchev–Trinajstić information content (AvgIpc) is 2.97. The van der Waals surface area contributed by atoms with E-state index in [4.69, 9.17) is 10.6 Å². The Bertz CT molecular complexity index is 649. The lowest BCUT2D eigenvalue weighted by molar-refractivity contribution is 0.0803. The third-order valence-electron chi connectivity index (χ3n) is 3.80. The summed E-state index contributed by atoms with van der Waals surface area (Å²) in [5.74, 6) is 4.77. The Morgan fingerprint density at radius 2 is 2.24 bits per heavy atom. The van der Waals surface area contributed by atoms with Gasteiger partial charge in [-0.2, -0.15) is 9.89 Å². The Morgan fingerprint density at radius 1 is 1.48 bits per heavy atom. The molecule has 2 aromatic heterocycles. The highest BCUT2D eigenvalue weighted by atomic mass is 16.5. The lowest BCUT2D eigenvalue weighted by Gasteiger charge is -2.32. The monoisotopic (exact) mass is 290 g/mol. The first-order valence-corrected chi connectivity index (χ1v) is 6.86. The molecule has 2 aromatic rings. The Kier molecular flexibility index (Phi) is 3.72. The minimum Gasteiger partial charge on any atom is -0.381 e. The molecule has 1 aliphatic rings. The molecular weight excluding hydrogens is 272 g/mol. The molecule has 0 unspecified atom stereocenters. The number of carbonyl (C=O) groups is 1. The van der Waals surface area contributed by atoms with Crippen LogP contribution in [0.1, 0.15) is 23.2 Å². The molecule has 3 N–H and O–H groups in total. The molecule has 1 fully saturated rings. The number of amides is 1. The molecule has 1 aliphatic heterocycles. The van der Waals surface area contributed by atoms with Crippen LogP contribution in [0.25, 0.3) is 11.0 Å². The maximum atomic E-state index is 11.5. The normalized spacial score (nSPS) is 16.1. The molecule has 3 rings (SSSR count). The summed E-state index contributed by atoms with van der Waals surface area (Å²) in [7, 11) is 1.99. The summed E-state index contributed by atoms with van der Waals surface area (Å²) in [5.41, 5.74) is 3.23. The lowest BCUT2D eigenvalue weighted by Crippen LogP contribution is -2.44. The zero-order valence-electron chi connectivity index (χ0n) is 11.8. The number of hydrogen-bond donors (Lipinski definition) is 2. The standard InChI is InChI=1S/C13H18N6O2/c1-18(11-2-4-21-5-3-11)19-12-9(8-16-19)6-10(7-15-12)13(20)17-14/h6-8,11H,2-5,14H2,1H3,(H,17,20). The van der Waals surface area contributed by atoms with Gasteiger partial charge in [0.1, 0.15) is 0 Å². The number of aromatic nitrogens is 3. The van der Waals surface area contributed by atoms with Crippen molar-refractivity contribution in [3.8, 4) is 0 Å². The van der Waals surface area contributed by atoms with E-state index in [-0.39, 0.29) is 5.91 Å². The molecule has 8 nitrogen and oxygen atoms in total. The summed E-state index contributed by atoms with van der Waals surface area (Å²) in [5, 5.41) is 7.24. The molecule has 0 radical (unpaired) electrons. The molecule has 0 aliphatic carbocycles. The molecule has 0 bridgehead atoms. The summed E-state index contributed by atoms with van der Waals surface area (Å²) >= 11 is 0. The Labute approximate surface area is 121 Å². The van der Waals surface area contributed by atoms with Crippen molar-refractivity contribution in [2.45, 2.75) is 18.9 Å². The van der Waals surface area contributed by atoms with Gasteiger partial charge in [0.05, 0.1) is 17.8 Å². The van der Waals surface area contributed by atoms with Crippen LogP contribution in [0.2, 0.25) is 0 Å². The number of hydrazine groups is 1. The van der Waals surface area contributed by atoms with Crippen molar-refractivity contribution < 1.29 is 9.53 Å². The molecule has 1 amide bonds. The highest BCUT2D eigenvalue weighted by Gasteiger charge is 2.21.